The number of hydrogen-bond donors (Lipinski definition) is 0. The summed E-state index contributed by atoms with van der Waals surface area (Å²) < 4.78 is 41.6. The van der Waals surface area contributed by atoms with Crippen LogP contribution in [-0.4, -0.2) is 32.9 Å². The zero-order valence-electron chi connectivity index (χ0n) is 11.2. The van der Waals surface area contributed by atoms with Crippen molar-refractivity contribution in [1.82, 2.24) is 20.0 Å². The molecule has 9 heteroatoms. The maximum absolute atomic E-state index is 12.5. The highest BCUT2D eigenvalue weighted by molar-refractivity contribution is 6.08. The van der Waals surface area contributed by atoms with Crippen molar-refractivity contribution in [2.24, 2.45) is 4.99 Å². The van der Waals surface area contributed by atoms with Crippen molar-refractivity contribution in [2.75, 3.05) is 6.67 Å². The van der Waals surface area contributed by atoms with Crippen LogP contribution >= 0.6 is 0 Å². The zero-order valence-corrected chi connectivity index (χ0v) is 11.2. The minimum Gasteiger partial charge on any atom is -0.353 e. The van der Waals surface area contributed by atoms with Crippen LogP contribution in [0.5, 0.6) is 0 Å². The van der Waals surface area contributed by atoms with Crippen LogP contribution in [0.25, 0.3) is 5.57 Å². The van der Waals surface area contributed by atoms with Crippen LogP contribution in [0.1, 0.15) is 17.3 Å². The third kappa shape index (κ3) is 3.13. The molecular formula is C13H10F3N5O. The van der Waals surface area contributed by atoms with E-state index in [2.05, 4.69) is 24.6 Å². The average molecular weight is 309 g/mol. The summed E-state index contributed by atoms with van der Waals surface area (Å²) in [6.45, 7) is 0.918. The molecule has 0 radical (unpaired) electrons. The lowest BCUT2D eigenvalue weighted by Gasteiger charge is -2.21. The molecule has 0 aliphatic carbocycles. The van der Waals surface area contributed by atoms with E-state index in [1.54, 1.807) is 18.6 Å². The number of nitrogens with zero attached hydrogens (tertiary/aromatic N) is 5. The number of aromatic nitrogens is 3. The molecule has 2 aromatic heterocycles. The van der Waals surface area contributed by atoms with Crippen LogP contribution in [0.4, 0.5) is 13.2 Å². The summed E-state index contributed by atoms with van der Waals surface area (Å²) in [7, 11) is 0. The highest BCUT2D eigenvalue weighted by Gasteiger charge is 2.38. The van der Waals surface area contributed by atoms with Gasteiger partial charge in [0, 0.05) is 31.4 Å². The predicted octanol–water partition coefficient (Wildman–Crippen LogP) is 2.37. The second kappa shape index (κ2) is 5.58. The normalized spacial score (nSPS) is 15.0. The van der Waals surface area contributed by atoms with E-state index in [1.165, 1.54) is 6.21 Å². The van der Waals surface area contributed by atoms with Gasteiger partial charge >= 0.3 is 12.1 Å². The van der Waals surface area contributed by atoms with E-state index in [0.29, 0.717) is 18.8 Å². The van der Waals surface area contributed by atoms with Gasteiger partial charge in [0.15, 0.2) is 0 Å². The van der Waals surface area contributed by atoms with E-state index in [1.807, 2.05) is 17.0 Å². The van der Waals surface area contributed by atoms with Crippen molar-refractivity contribution >= 4 is 11.8 Å². The summed E-state index contributed by atoms with van der Waals surface area (Å²) in [5.41, 5.74) is 1.31. The number of halogens is 3. The zero-order chi connectivity index (χ0) is 15.6. The van der Waals surface area contributed by atoms with Crippen LogP contribution < -0.4 is 0 Å². The van der Waals surface area contributed by atoms with Gasteiger partial charge in [-0.2, -0.15) is 18.2 Å². The highest BCUT2D eigenvalue weighted by Crippen LogP contribution is 2.28. The van der Waals surface area contributed by atoms with Crippen LogP contribution in [0.3, 0.4) is 0 Å². The van der Waals surface area contributed by atoms with Gasteiger partial charge in [0.2, 0.25) is 5.82 Å². The molecule has 114 valence electrons. The Bertz CT molecular complexity index is 708. The van der Waals surface area contributed by atoms with E-state index in [-0.39, 0.29) is 5.82 Å². The Morgan fingerprint density at radius 1 is 1.32 bits per heavy atom. The Morgan fingerprint density at radius 2 is 2.18 bits per heavy atom. The van der Waals surface area contributed by atoms with Crippen LogP contribution in [0, 0.1) is 0 Å². The summed E-state index contributed by atoms with van der Waals surface area (Å²) in [4.78, 5) is 13.3. The van der Waals surface area contributed by atoms with E-state index in [4.69, 9.17) is 0 Å². The van der Waals surface area contributed by atoms with E-state index in [0.717, 1.165) is 5.56 Å². The Kier molecular flexibility index (Phi) is 3.61. The monoisotopic (exact) mass is 309 g/mol. The molecule has 1 aliphatic rings. The Hall–Kier alpha value is -2.71. The molecule has 0 spiro atoms. The molecule has 0 atom stereocenters. The average Bonchev–Trinajstić information content (AvgIpc) is 2.99. The standard InChI is InChI=1S/C13H10F3N5O/c14-13(15,16)12-19-11(20-22-12)10-5-18-8-21(7-10)6-9-2-1-3-17-4-9/h1-5,7H,6,8H2. The van der Waals surface area contributed by atoms with Gasteiger partial charge in [0.25, 0.3) is 0 Å². The number of allylic oxidation sites excluding steroid dienone is 1. The first-order valence-electron chi connectivity index (χ1n) is 6.28. The fourth-order valence-electron chi connectivity index (χ4n) is 1.91. The molecule has 3 heterocycles. The quantitative estimate of drug-likeness (QED) is 0.870. The number of alkyl halides is 3. The molecule has 0 amide bonds. The molecule has 1 aliphatic heterocycles. The minimum atomic E-state index is -4.66. The second-order valence-electron chi connectivity index (χ2n) is 4.57. The summed E-state index contributed by atoms with van der Waals surface area (Å²) in [6, 6.07) is 3.71. The number of rotatable bonds is 3. The number of pyridine rings is 1. The Balaban J connectivity index is 1.78. The molecule has 0 saturated heterocycles. The van der Waals surface area contributed by atoms with Crippen molar-refractivity contribution in [2.45, 2.75) is 12.7 Å². The van der Waals surface area contributed by atoms with Crippen LogP contribution in [0.2, 0.25) is 0 Å². The first-order chi connectivity index (χ1) is 10.5. The summed E-state index contributed by atoms with van der Waals surface area (Å²) >= 11 is 0. The molecule has 22 heavy (non-hydrogen) atoms. The first kappa shape index (κ1) is 14.2. The molecule has 0 fully saturated rings. The van der Waals surface area contributed by atoms with Crippen molar-refractivity contribution in [1.29, 1.82) is 0 Å². The van der Waals surface area contributed by atoms with Crippen LogP contribution in [0.15, 0.2) is 40.2 Å². The SMILES string of the molecule is FC(F)(F)c1nc(C2=CN(Cc3cccnc3)CN=C2)no1. The van der Waals surface area contributed by atoms with Gasteiger partial charge < -0.3 is 9.42 Å². The van der Waals surface area contributed by atoms with E-state index >= 15 is 0 Å². The van der Waals surface area contributed by atoms with Crippen molar-refractivity contribution < 1.29 is 17.7 Å². The lowest BCUT2D eigenvalue weighted by molar-refractivity contribution is -0.159. The molecule has 2 aromatic rings. The van der Waals surface area contributed by atoms with E-state index < -0.39 is 12.1 Å². The third-order valence-electron chi connectivity index (χ3n) is 2.85. The van der Waals surface area contributed by atoms with Crippen LogP contribution in [-0.2, 0) is 12.7 Å². The topological polar surface area (TPSA) is 67.4 Å². The predicted molar refractivity (Wildman–Crippen MR) is 70.4 cm³/mol. The molecule has 0 aromatic carbocycles. The summed E-state index contributed by atoms with van der Waals surface area (Å²) in [5.74, 6) is -1.52. The summed E-state index contributed by atoms with van der Waals surface area (Å²) in [5, 5.41) is 3.34. The van der Waals surface area contributed by atoms with Gasteiger partial charge in [-0.15, -0.1) is 0 Å². The fourth-order valence-corrected chi connectivity index (χ4v) is 1.91. The van der Waals surface area contributed by atoms with Gasteiger partial charge in [0.05, 0.1) is 5.57 Å². The maximum atomic E-state index is 12.5. The number of aliphatic imine (C=N–C) groups is 1. The molecule has 0 unspecified atom stereocenters. The Morgan fingerprint density at radius 3 is 2.86 bits per heavy atom. The molecule has 6 nitrogen and oxygen atoms in total. The van der Waals surface area contributed by atoms with Crippen molar-refractivity contribution in [3.8, 4) is 0 Å². The molecule has 0 N–H and O–H groups in total. The second-order valence-corrected chi connectivity index (χ2v) is 4.57. The minimum absolute atomic E-state index is 0.146. The van der Waals surface area contributed by atoms with Crippen molar-refractivity contribution in [3.05, 3.63) is 48.0 Å². The molecule has 0 saturated carbocycles. The fraction of sp³-hybridized carbons (Fsp3) is 0.231. The third-order valence-corrected chi connectivity index (χ3v) is 2.85. The van der Waals surface area contributed by atoms with Gasteiger partial charge in [-0.25, -0.2) is 0 Å². The molecule has 3 rings (SSSR count). The maximum Gasteiger partial charge on any atom is 0.471 e. The smallest absolute Gasteiger partial charge is 0.353 e. The van der Waals surface area contributed by atoms with Gasteiger partial charge in [-0.05, 0) is 11.6 Å². The van der Waals surface area contributed by atoms with Gasteiger partial charge in [-0.3, -0.25) is 9.98 Å². The van der Waals surface area contributed by atoms with E-state index in [9.17, 15) is 13.2 Å². The highest BCUT2D eigenvalue weighted by atomic mass is 19.4. The Labute approximate surface area is 123 Å². The summed E-state index contributed by atoms with van der Waals surface area (Å²) in [6.07, 6.45) is 1.78. The van der Waals surface area contributed by atoms with Crippen molar-refractivity contribution in [3.63, 3.8) is 0 Å². The largest absolute Gasteiger partial charge is 0.471 e. The molecular weight excluding hydrogens is 299 g/mol. The van der Waals surface area contributed by atoms with Gasteiger partial charge in [0.1, 0.15) is 6.67 Å². The molecule has 0 bridgehead atoms. The number of hydrogen-bond acceptors (Lipinski definition) is 6. The first-order valence-corrected chi connectivity index (χ1v) is 6.28. The lowest BCUT2D eigenvalue weighted by atomic mass is 10.2. The lowest BCUT2D eigenvalue weighted by Crippen LogP contribution is -2.21. The van der Waals surface area contributed by atoms with Gasteiger partial charge in [-0.1, -0.05) is 11.2 Å².